The number of nitrogens with two attached hydrogens (primary N) is 1. The number of hydrogen-bond acceptors (Lipinski definition) is 4. The molecule has 0 unspecified atom stereocenters. The van der Waals surface area contributed by atoms with Gasteiger partial charge in [-0.2, -0.15) is 5.10 Å². The van der Waals surface area contributed by atoms with E-state index in [1.807, 2.05) is 25.3 Å². The van der Waals surface area contributed by atoms with E-state index >= 15 is 0 Å². The maximum atomic E-state index is 14.3. The van der Waals surface area contributed by atoms with Crippen molar-refractivity contribution in [3.63, 3.8) is 0 Å². The van der Waals surface area contributed by atoms with E-state index < -0.39 is 17.6 Å². The number of carbonyl (C=O) groups excluding carboxylic acids is 1. The Hall–Kier alpha value is -2.96. The predicted molar refractivity (Wildman–Crippen MR) is 99.9 cm³/mol. The molecule has 0 spiro atoms. The van der Waals surface area contributed by atoms with Crippen molar-refractivity contribution in [2.75, 3.05) is 5.32 Å². The highest BCUT2D eigenvalue weighted by atomic mass is 19.1. The number of fused-ring (bicyclic) bond motifs is 1. The van der Waals surface area contributed by atoms with Gasteiger partial charge in [0.15, 0.2) is 0 Å². The summed E-state index contributed by atoms with van der Waals surface area (Å²) in [7, 11) is 0. The number of anilines is 1. The highest BCUT2D eigenvalue weighted by molar-refractivity contribution is 6.02. The average Bonchev–Trinajstić information content (AvgIpc) is 2.98. The molecule has 6 nitrogen and oxygen atoms in total. The SMILES string of the molecule is Cc1cnccc1-c1cc2c(N[C@H](C)C(C)(C)F)c(C(N)=O)cnn2c1. The summed E-state index contributed by atoms with van der Waals surface area (Å²) >= 11 is 0. The highest BCUT2D eigenvalue weighted by Gasteiger charge is 2.27. The first kappa shape index (κ1) is 17.8. The standard InChI is InChI=1S/C19H22FN5O/c1-11-8-22-6-5-14(11)13-7-16-17(24-12(2)19(3,4)20)15(18(21)26)9-23-25(16)10-13/h5-10,12,24H,1-4H3,(H2,21,26)/t12-/m1/s1. The number of rotatable bonds is 5. The molecule has 1 atom stereocenters. The van der Waals surface area contributed by atoms with E-state index in [2.05, 4.69) is 15.4 Å². The van der Waals surface area contributed by atoms with Crippen molar-refractivity contribution in [3.05, 3.63) is 48.0 Å². The molecule has 3 aromatic heterocycles. The summed E-state index contributed by atoms with van der Waals surface area (Å²) in [5, 5.41) is 7.38. The topological polar surface area (TPSA) is 85.3 Å². The lowest BCUT2D eigenvalue weighted by atomic mass is 10.0. The van der Waals surface area contributed by atoms with E-state index in [9.17, 15) is 9.18 Å². The molecule has 0 aliphatic heterocycles. The van der Waals surface area contributed by atoms with Gasteiger partial charge >= 0.3 is 0 Å². The normalized spacial score (nSPS) is 13.0. The summed E-state index contributed by atoms with van der Waals surface area (Å²) in [5.41, 5.74) is 8.34. The van der Waals surface area contributed by atoms with Crippen LogP contribution in [0.15, 0.2) is 36.9 Å². The molecule has 26 heavy (non-hydrogen) atoms. The van der Waals surface area contributed by atoms with E-state index in [4.69, 9.17) is 5.73 Å². The molecule has 3 aromatic rings. The Bertz CT molecular complexity index is 974. The Morgan fingerprint density at radius 3 is 2.73 bits per heavy atom. The minimum absolute atomic E-state index is 0.227. The van der Waals surface area contributed by atoms with Crippen molar-refractivity contribution in [3.8, 4) is 11.1 Å². The van der Waals surface area contributed by atoms with Crippen LogP contribution in [0.4, 0.5) is 10.1 Å². The first-order chi connectivity index (χ1) is 12.2. The zero-order valence-electron chi connectivity index (χ0n) is 15.2. The predicted octanol–water partition coefficient (Wildman–Crippen LogP) is 3.35. The third-order valence-electron chi connectivity index (χ3n) is 4.62. The van der Waals surface area contributed by atoms with E-state index in [-0.39, 0.29) is 5.56 Å². The van der Waals surface area contributed by atoms with Crippen LogP contribution < -0.4 is 11.1 Å². The van der Waals surface area contributed by atoms with E-state index in [0.29, 0.717) is 11.2 Å². The van der Waals surface area contributed by atoms with Crippen molar-refractivity contribution in [2.45, 2.75) is 39.4 Å². The monoisotopic (exact) mass is 355 g/mol. The Morgan fingerprint density at radius 2 is 2.12 bits per heavy atom. The zero-order valence-corrected chi connectivity index (χ0v) is 15.2. The number of aryl methyl sites for hydroxylation is 1. The number of pyridine rings is 1. The fourth-order valence-corrected chi connectivity index (χ4v) is 2.73. The Kier molecular flexibility index (Phi) is 4.39. The summed E-state index contributed by atoms with van der Waals surface area (Å²) in [6, 6.07) is 3.29. The molecule has 136 valence electrons. The maximum absolute atomic E-state index is 14.3. The molecular formula is C19H22FN5O. The van der Waals surface area contributed by atoms with Gasteiger partial charge in [-0.1, -0.05) is 0 Å². The summed E-state index contributed by atoms with van der Waals surface area (Å²) in [5.74, 6) is -0.616. The van der Waals surface area contributed by atoms with Gasteiger partial charge in [0, 0.05) is 24.2 Å². The lowest BCUT2D eigenvalue weighted by molar-refractivity contribution is 0.1000. The number of carbonyl (C=O) groups is 1. The molecular weight excluding hydrogens is 333 g/mol. The molecule has 3 N–H and O–H groups in total. The molecule has 0 aromatic carbocycles. The largest absolute Gasteiger partial charge is 0.377 e. The van der Waals surface area contributed by atoms with E-state index in [1.165, 1.54) is 20.0 Å². The van der Waals surface area contributed by atoms with Gasteiger partial charge in [-0.15, -0.1) is 0 Å². The van der Waals surface area contributed by atoms with Gasteiger partial charge in [0.05, 0.1) is 29.0 Å². The van der Waals surface area contributed by atoms with Gasteiger partial charge in [0.2, 0.25) is 0 Å². The minimum atomic E-state index is -1.48. The fraction of sp³-hybridized carbons (Fsp3) is 0.316. The van der Waals surface area contributed by atoms with Gasteiger partial charge in [-0.3, -0.25) is 9.78 Å². The third kappa shape index (κ3) is 3.24. The van der Waals surface area contributed by atoms with Gasteiger partial charge in [0.25, 0.3) is 5.91 Å². The van der Waals surface area contributed by atoms with Crippen molar-refractivity contribution in [1.82, 2.24) is 14.6 Å². The van der Waals surface area contributed by atoms with Crippen LogP contribution in [-0.2, 0) is 0 Å². The second-order valence-electron chi connectivity index (χ2n) is 6.98. The van der Waals surface area contributed by atoms with Crippen LogP contribution in [0.5, 0.6) is 0 Å². The Morgan fingerprint density at radius 1 is 1.38 bits per heavy atom. The molecule has 3 rings (SSSR count). The van der Waals surface area contributed by atoms with Crippen LogP contribution in [-0.4, -0.2) is 32.2 Å². The number of halogens is 1. The molecule has 0 saturated heterocycles. The molecule has 0 fully saturated rings. The van der Waals surface area contributed by atoms with E-state index in [1.54, 1.807) is 23.8 Å². The molecule has 0 radical (unpaired) electrons. The number of primary amides is 1. The number of nitrogens with one attached hydrogen (secondary N) is 1. The van der Waals surface area contributed by atoms with Crippen molar-refractivity contribution in [1.29, 1.82) is 0 Å². The van der Waals surface area contributed by atoms with Gasteiger partial charge in [-0.05, 0) is 51.0 Å². The molecule has 0 bridgehead atoms. The number of amides is 1. The second-order valence-corrected chi connectivity index (χ2v) is 6.98. The third-order valence-corrected chi connectivity index (χ3v) is 4.62. The fourth-order valence-electron chi connectivity index (χ4n) is 2.73. The second kappa shape index (κ2) is 6.40. The molecule has 1 amide bonds. The van der Waals surface area contributed by atoms with Crippen LogP contribution in [0.2, 0.25) is 0 Å². The van der Waals surface area contributed by atoms with Crippen LogP contribution in [0.3, 0.4) is 0 Å². The Balaban J connectivity index is 2.18. The molecule has 0 saturated carbocycles. The summed E-state index contributed by atoms with van der Waals surface area (Å²) in [4.78, 5) is 16.0. The maximum Gasteiger partial charge on any atom is 0.252 e. The first-order valence-electron chi connectivity index (χ1n) is 8.36. The molecule has 7 heteroatoms. The van der Waals surface area contributed by atoms with Gasteiger partial charge in [0.1, 0.15) is 5.67 Å². The number of hydrogen-bond donors (Lipinski definition) is 2. The highest BCUT2D eigenvalue weighted by Crippen LogP contribution is 2.31. The average molecular weight is 355 g/mol. The van der Waals surface area contributed by atoms with Crippen LogP contribution in [0.25, 0.3) is 16.6 Å². The molecule has 3 heterocycles. The van der Waals surface area contributed by atoms with Crippen LogP contribution in [0, 0.1) is 6.92 Å². The minimum Gasteiger partial charge on any atom is -0.377 e. The number of nitrogens with zero attached hydrogens (tertiary/aromatic N) is 3. The van der Waals surface area contributed by atoms with Crippen molar-refractivity contribution >= 4 is 17.1 Å². The number of alkyl halides is 1. The van der Waals surface area contributed by atoms with Gasteiger partial charge in [-0.25, -0.2) is 8.91 Å². The lowest BCUT2D eigenvalue weighted by Gasteiger charge is -2.26. The lowest BCUT2D eigenvalue weighted by Crippen LogP contribution is -2.36. The van der Waals surface area contributed by atoms with E-state index in [0.717, 1.165) is 16.7 Å². The molecule has 0 aliphatic rings. The summed E-state index contributed by atoms with van der Waals surface area (Å²) < 4.78 is 16.0. The summed E-state index contributed by atoms with van der Waals surface area (Å²) in [6.07, 6.45) is 6.77. The Labute approximate surface area is 151 Å². The van der Waals surface area contributed by atoms with Crippen molar-refractivity contribution in [2.24, 2.45) is 5.73 Å². The van der Waals surface area contributed by atoms with Crippen molar-refractivity contribution < 1.29 is 9.18 Å². The first-order valence-corrected chi connectivity index (χ1v) is 8.36. The molecule has 0 aliphatic carbocycles. The van der Waals surface area contributed by atoms with Crippen LogP contribution >= 0.6 is 0 Å². The quantitative estimate of drug-likeness (QED) is 0.735. The van der Waals surface area contributed by atoms with Gasteiger partial charge < -0.3 is 11.1 Å². The smallest absolute Gasteiger partial charge is 0.252 e. The number of aromatic nitrogens is 3. The summed E-state index contributed by atoms with van der Waals surface area (Å²) in [6.45, 7) is 6.66. The zero-order chi connectivity index (χ0) is 19.1. The van der Waals surface area contributed by atoms with Crippen LogP contribution in [0.1, 0.15) is 36.7 Å².